The molecule has 2 aromatic rings. The van der Waals surface area contributed by atoms with Crippen LogP contribution in [0.25, 0.3) is 0 Å². The van der Waals surface area contributed by atoms with Gasteiger partial charge in [0.15, 0.2) is 0 Å². The minimum absolute atomic E-state index is 0.0545. The fourth-order valence-electron chi connectivity index (χ4n) is 4.04. The third kappa shape index (κ3) is 3.60. The van der Waals surface area contributed by atoms with Gasteiger partial charge in [0.2, 0.25) is 5.91 Å². The summed E-state index contributed by atoms with van der Waals surface area (Å²) in [6, 6.07) is 15.3. The minimum atomic E-state index is -0.0760. The average Bonchev–Trinajstić information content (AvgIpc) is 3.28. The Hall–Kier alpha value is -2.86. The zero-order valence-corrected chi connectivity index (χ0v) is 16.1. The van der Waals surface area contributed by atoms with Crippen LogP contribution in [0.1, 0.15) is 28.3 Å². The number of hydrogen-bond acceptors (Lipinski definition) is 4. The number of benzene rings is 2. The summed E-state index contributed by atoms with van der Waals surface area (Å²) in [5.41, 5.74) is 2.60. The molecule has 4 rings (SSSR count). The Labute approximate surface area is 165 Å². The molecular weight excluding hydrogens is 354 g/mol. The van der Waals surface area contributed by atoms with Gasteiger partial charge in [-0.25, -0.2) is 0 Å². The molecule has 1 atom stereocenters. The predicted octanol–water partition coefficient (Wildman–Crippen LogP) is 2.26. The minimum Gasteiger partial charge on any atom is -0.497 e. The Morgan fingerprint density at radius 2 is 2.00 bits per heavy atom. The lowest BCUT2D eigenvalue weighted by Gasteiger charge is -2.35. The van der Waals surface area contributed by atoms with Gasteiger partial charge in [0, 0.05) is 37.0 Å². The van der Waals surface area contributed by atoms with Gasteiger partial charge in [-0.1, -0.05) is 24.3 Å². The molecule has 2 aromatic carbocycles. The summed E-state index contributed by atoms with van der Waals surface area (Å²) in [5, 5.41) is 3.36. The molecule has 2 fully saturated rings. The largest absolute Gasteiger partial charge is 0.497 e. The number of anilines is 1. The molecule has 0 aromatic heterocycles. The maximum Gasteiger partial charge on any atom is 0.254 e. The lowest BCUT2D eigenvalue weighted by molar-refractivity contribution is -0.120. The lowest BCUT2D eigenvalue weighted by atomic mass is 9.92. The van der Waals surface area contributed by atoms with Crippen LogP contribution >= 0.6 is 0 Å². The Kier molecular flexibility index (Phi) is 5.30. The van der Waals surface area contributed by atoms with E-state index in [2.05, 4.69) is 5.32 Å². The number of nitrogens with one attached hydrogen (secondary N) is 1. The van der Waals surface area contributed by atoms with E-state index in [0.717, 1.165) is 36.3 Å². The van der Waals surface area contributed by atoms with Crippen LogP contribution in [0.2, 0.25) is 0 Å². The van der Waals surface area contributed by atoms with Gasteiger partial charge in [0.25, 0.3) is 5.91 Å². The van der Waals surface area contributed by atoms with Gasteiger partial charge >= 0.3 is 0 Å². The molecule has 2 aliphatic rings. The summed E-state index contributed by atoms with van der Waals surface area (Å²) in [6.07, 6.45) is 1.03. The number of nitrogens with zero attached hydrogens (tertiary/aromatic N) is 2. The number of ether oxygens (including phenoxy) is 1. The molecule has 0 saturated carbocycles. The van der Waals surface area contributed by atoms with E-state index in [4.69, 9.17) is 4.74 Å². The zero-order valence-electron chi connectivity index (χ0n) is 16.1. The lowest BCUT2D eigenvalue weighted by Crippen LogP contribution is -2.52. The Bertz CT molecular complexity index is 877. The Morgan fingerprint density at radius 3 is 2.75 bits per heavy atom. The molecule has 0 bridgehead atoms. The molecule has 0 spiro atoms. The Balaban J connectivity index is 1.50. The van der Waals surface area contributed by atoms with Gasteiger partial charge < -0.3 is 19.9 Å². The number of carbonyl (C=O) groups is 2. The van der Waals surface area contributed by atoms with Crippen molar-refractivity contribution in [2.75, 3.05) is 44.7 Å². The summed E-state index contributed by atoms with van der Waals surface area (Å²) in [5.74, 6) is 0.936. The molecule has 0 aliphatic carbocycles. The highest BCUT2D eigenvalue weighted by Crippen LogP contribution is 2.28. The summed E-state index contributed by atoms with van der Waals surface area (Å²) in [4.78, 5) is 29.3. The normalized spacial score (nSPS) is 19.8. The van der Waals surface area contributed by atoms with Crippen molar-refractivity contribution < 1.29 is 14.3 Å². The maximum atomic E-state index is 13.2. The molecule has 1 N–H and O–H groups in total. The number of piperazine rings is 1. The van der Waals surface area contributed by atoms with Gasteiger partial charge in [-0.15, -0.1) is 0 Å². The number of rotatable bonds is 4. The van der Waals surface area contributed by atoms with E-state index in [9.17, 15) is 9.59 Å². The zero-order chi connectivity index (χ0) is 19.5. The first-order valence-electron chi connectivity index (χ1n) is 9.70. The SMILES string of the molecule is COc1cccc(N2CCN(C(=O)c3ccccc3[C@H]3CCNC3)CC2=O)c1. The molecule has 6 nitrogen and oxygen atoms in total. The smallest absolute Gasteiger partial charge is 0.254 e. The fraction of sp³-hybridized carbons (Fsp3) is 0.364. The van der Waals surface area contributed by atoms with E-state index < -0.39 is 0 Å². The van der Waals surface area contributed by atoms with Gasteiger partial charge in [-0.05, 0) is 42.6 Å². The van der Waals surface area contributed by atoms with Crippen molar-refractivity contribution in [3.8, 4) is 5.75 Å². The highest BCUT2D eigenvalue weighted by Gasteiger charge is 2.31. The summed E-state index contributed by atoms with van der Waals surface area (Å²) in [7, 11) is 1.61. The Morgan fingerprint density at radius 1 is 1.14 bits per heavy atom. The van der Waals surface area contributed by atoms with Gasteiger partial charge in [0.1, 0.15) is 12.3 Å². The topological polar surface area (TPSA) is 61.9 Å². The second-order valence-electron chi connectivity index (χ2n) is 7.25. The monoisotopic (exact) mass is 379 g/mol. The van der Waals surface area contributed by atoms with Gasteiger partial charge in [0.05, 0.1) is 7.11 Å². The first kappa shape index (κ1) is 18.5. The van der Waals surface area contributed by atoms with Crippen LogP contribution in [-0.4, -0.2) is 56.5 Å². The van der Waals surface area contributed by atoms with Crippen molar-refractivity contribution in [3.63, 3.8) is 0 Å². The standard InChI is InChI=1S/C22H25N3O3/c1-28-18-6-4-5-17(13-18)25-12-11-24(15-21(25)26)22(27)20-8-3-2-7-19(20)16-9-10-23-14-16/h2-8,13,16,23H,9-12,14-15H2,1H3/t16-/m0/s1. The first-order chi connectivity index (χ1) is 13.7. The third-order valence-corrected chi connectivity index (χ3v) is 5.56. The molecule has 2 heterocycles. The quantitative estimate of drug-likeness (QED) is 0.885. The van der Waals surface area contributed by atoms with Crippen LogP contribution in [0.4, 0.5) is 5.69 Å². The van der Waals surface area contributed by atoms with E-state index in [-0.39, 0.29) is 18.4 Å². The molecule has 2 saturated heterocycles. The second-order valence-corrected chi connectivity index (χ2v) is 7.25. The van der Waals surface area contributed by atoms with Crippen LogP contribution < -0.4 is 15.0 Å². The molecule has 2 aliphatic heterocycles. The van der Waals surface area contributed by atoms with Crippen LogP contribution in [0.5, 0.6) is 5.75 Å². The third-order valence-electron chi connectivity index (χ3n) is 5.56. The highest BCUT2D eigenvalue weighted by atomic mass is 16.5. The van der Waals surface area contributed by atoms with E-state index in [1.165, 1.54) is 0 Å². The summed E-state index contributed by atoms with van der Waals surface area (Å²) in [6.45, 7) is 2.95. The number of hydrogen-bond donors (Lipinski definition) is 1. The molecule has 2 amide bonds. The molecule has 6 heteroatoms. The predicted molar refractivity (Wildman–Crippen MR) is 108 cm³/mol. The van der Waals surface area contributed by atoms with Crippen molar-refractivity contribution in [1.82, 2.24) is 10.2 Å². The number of carbonyl (C=O) groups excluding carboxylic acids is 2. The fourth-order valence-corrected chi connectivity index (χ4v) is 4.04. The van der Waals surface area contributed by atoms with Crippen LogP contribution in [-0.2, 0) is 4.79 Å². The molecular formula is C22H25N3O3. The average molecular weight is 379 g/mol. The van der Waals surface area contributed by atoms with Crippen molar-refractivity contribution in [3.05, 3.63) is 59.7 Å². The van der Waals surface area contributed by atoms with E-state index in [0.29, 0.717) is 24.8 Å². The van der Waals surface area contributed by atoms with Gasteiger partial charge in [-0.2, -0.15) is 0 Å². The molecule has 0 unspecified atom stereocenters. The van der Waals surface area contributed by atoms with E-state index in [1.54, 1.807) is 16.9 Å². The number of methoxy groups -OCH3 is 1. The van der Waals surface area contributed by atoms with Crippen molar-refractivity contribution in [2.24, 2.45) is 0 Å². The van der Waals surface area contributed by atoms with Crippen LogP contribution in [0, 0.1) is 0 Å². The van der Waals surface area contributed by atoms with E-state index in [1.807, 2.05) is 48.5 Å². The molecule has 146 valence electrons. The van der Waals surface area contributed by atoms with Crippen molar-refractivity contribution in [1.29, 1.82) is 0 Å². The summed E-state index contributed by atoms with van der Waals surface area (Å²) >= 11 is 0. The highest BCUT2D eigenvalue weighted by molar-refractivity contribution is 6.02. The summed E-state index contributed by atoms with van der Waals surface area (Å²) < 4.78 is 5.25. The number of amides is 2. The van der Waals surface area contributed by atoms with Gasteiger partial charge in [-0.3, -0.25) is 9.59 Å². The molecule has 0 radical (unpaired) electrons. The van der Waals surface area contributed by atoms with Crippen molar-refractivity contribution in [2.45, 2.75) is 12.3 Å². The van der Waals surface area contributed by atoms with Crippen LogP contribution in [0.3, 0.4) is 0 Å². The van der Waals surface area contributed by atoms with E-state index >= 15 is 0 Å². The first-order valence-corrected chi connectivity index (χ1v) is 9.70. The van der Waals surface area contributed by atoms with Crippen molar-refractivity contribution >= 4 is 17.5 Å². The maximum absolute atomic E-state index is 13.2. The van der Waals surface area contributed by atoms with Crippen LogP contribution in [0.15, 0.2) is 48.5 Å². The second kappa shape index (κ2) is 8.02. The molecule has 28 heavy (non-hydrogen) atoms.